The van der Waals surface area contributed by atoms with E-state index in [1.165, 1.54) is 19.3 Å². The van der Waals surface area contributed by atoms with Crippen LogP contribution in [0.15, 0.2) is 17.8 Å². The molecule has 1 N–H and O–H groups in total. The van der Waals surface area contributed by atoms with Crippen molar-refractivity contribution in [2.24, 2.45) is 0 Å². The largest absolute Gasteiger partial charge is 0.377 e. The third kappa shape index (κ3) is 2.50. The molecule has 1 unspecified atom stereocenters. The summed E-state index contributed by atoms with van der Waals surface area (Å²) in [5.74, 6) is 0. The topological polar surface area (TPSA) is 38.6 Å². The molecule has 1 atom stereocenters. The molecule has 0 bridgehead atoms. The van der Waals surface area contributed by atoms with Gasteiger partial charge in [0.05, 0.1) is 11.3 Å². The molecule has 1 aliphatic carbocycles. The first kappa shape index (κ1) is 14.0. The summed E-state index contributed by atoms with van der Waals surface area (Å²) in [7, 11) is 3.90. The molecule has 20 heavy (non-hydrogen) atoms. The lowest BCUT2D eigenvalue weighted by molar-refractivity contribution is -0.0658. The van der Waals surface area contributed by atoms with Crippen LogP contribution in [0.1, 0.15) is 37.8 Å². The Morgan fingerprint density at radius 2 is 2.25 bits per heavy atom. The van der Waals surface area contributed by atoms with Gasteiger partial charge in [-0.25, -0.2) is 4.98 Å². The van der Waals surface area contributed by atoms with Crippen molar-refractivity contribution in [2.45, 2.75) is 50.2 Å². The number of likely N-dealkylation sites (N-methyl/N-ethyl adjacent to an activating group) is 1. The minimum Gasteiger partial charge on any atom is -0.377 e. The van der Waals surface area contributed by atoms with Crippen LogP contribution in [0.25, 0.3) is 4.96 Å². The standard InChI is InChI=1S/C15H23N3OS/c1-16-13(15(19-2)6-4-3-5-7-15)10-12-11-18-8-9-20-14(18)17-12/h8-9,11,13,16H,3-7,10H2,1-2H3. The Morgan fingerprint density at radius 3 is 2.90 bits per heavy atom. The van der Waals surface area contributed by atoms with Crippen LogP contribution < -0.4 is 5.32 Å². The highest BCUT2D eigenvalue weighted by atomic mass is 32.1. The highest BCUT2D eigenvalue weighted by molar-refractivity contribution is 7.15. The Hall–Kier alpha value is -0.910. The maximum atomic E-state index is 5.97. The van der Waals surface area contributed by atoms with Crippen LogP contribution in [0, 0.1) is 0 Å². The summed E-state index contributed by atoms with van der Waals surface area (Å²) in [5.41, 5.74) is 1.13. The fourth-order valence-electron chi connectivity index (χ4n) is 3.48. The van der Waals surface area contributed by atoms with Crippen molar-refractivity contribution in [1.82, 2.24) is 14.7 Å². The molecule has 0 spiro atoms. The predicted octanol–water partition coefficient (Wildman–Crippen LogP) is 2.88. The smallest absolute Gasteiger partial charge is 0.193 e. The summed E-state index contributed by atoms with van der Waals surface area (Å²) in [6.45, 7) is 0. The summed E-state index contributed by atoms with van der Waals surface area (Å²) < 4.78 is 8.07. The third-order valence-corrected chi connectivity index (χ3v) is 5.42. The molecule has 0 radical (unpaired) electrons. The first-order valence-electron chi connectivity index (χ1n) is 7.41. The highest BCUT2D eigenvalue weighted by Crippen LogP contribution is 2.35. The summed E-state index contributed by atoms with van der Waals surface area (Å²) in [5, 5.41) is 5.55. The van der Waals surface area contributed by atoms with Crippen molar-refractivity contribution >= 4 is 16.3 Å². The van der Waals surface area contributed by atoms with E-state index in [1.807, 2.05) is 14.2 Å². The Morgan fingerprint density at radius 1 is 1.45 bits per heavy atom. The van der Waals surface area contributed by atoms with Gasteiger partial charge in [-0.2, -0.15) is 0 Å². The van der Waals surface area contributed by atoms with Gasteiger partial charge in [0, 0.05) is 37.3 Å². The van der Waals surface area contributed by atoms with E-state index in [9.17, 15) is 0 Å². The first-order valence-corrected chi connectivity index (χ1v) is 8.29. The molecule has 2 heterocycles. The van der Waals surface area contributed by atoms with Crippen molar-refractivity contribution in [2.75, 3.05) is 14.2 Å². The zero-order valence-electron chi connectivity index (χ0n) is 12.3. The van der Waals surface area contributed by atoms with Crippen molar-refractivity contribution in [3.05, 3.63) is 23.5 Å². The fourth-order valence-corrected chi connectivity index (χ4v) is 4.20. The third-order valence-electron chi connectivity index (χ3n) is 4.65. The second-order valence-electron chi connectivity index (χ2n) is 5.70. The number of hydrogen-bond donors (Lipinski definition) is 1. The lowest BCUT2D eigenvalue weighted by Crippen LogP contribution is -2.53. The van der Waals surface area contributed by atoms with Gasteiger partial charge in [0.2, 0.25) is 0 Å². The van der Waals surface area contributed by atoms with Gasteiger partial charge in [-0.1, -0.05) is 19.3 Å². The number of imidazole rings is 1. The van der Waals surface area contributed by atoms with Gasteiger partial charge >= 0.3 is 0 Å². The second kappa shape index (κ2) is 5.84. The molecule has 0 saturated heterocycles. The van der Waals surface area contributed by atoms with Crippen molar-refractivity contribution in [3.8, 4) is 0 Å². The van der Waals surface area contributed by atoms with E-state index in [-0.39, 0.29) is 5.60 Å². The summed E-state index contributed by atoms with van der Waals surface area (Å²) in [6.07, 6.45) is 11.3. The average Bonchev–Trinajstić information content (AvgIpc) is 3.06. The monoisotopic (exact) mass is 293 g/mol. The average molecular weight is 293 g/mol. The zero-order valence-corrected chi connectivity index (χ0v) is 13.1. The van der Waals surface area contributed by atoms with E-state index in [1.54, 1.807) is 11.3 Å². The summed E-state index contributed by atoms with van der Waals surface area (Å²) >= 11 is 1.68. The predicted molar refractivity (Wildman–Crippen MR) is 82.4 cm³/mol. The van der Waals surface area contributed by atoms with E-state index >= 15 is 0 Å². The minimum absolute atomic E-state index is 0.0238. The van der Waals surface area contributed by atoms with Crippen LogP contribution in [-0.4, -0.2) is 35.2 Å². The number of nitrogens with one attached hydrogen (secondary N) is 1. The van der Waals surface area contributed by atoms with Crippen LogP contribution in [0.4, 0.5) is 0 Å². The van der Waals surface area contributed by atoms with Gasteiger partial charge in [0.15, 0.2) is 4.96 Å². The van der Waals surface area contributed by atoms with Gasteiger partial charge in [0.25, 0.3) is 0 Å². The molecule has 1 saturated carbocycles. The number of hydrogen-bond acceptors (Lipinski definition) is 4. The second-order valence-corrected chi connectivity index (χ2v) is 6.57. The maximum Gasteiger partial charge on any atom is 0.193 e. The van der Waals surface area contributed by atoms with E-state index in [2.05, 4.69) is 27.5 Å². The van der Waals surface area contributed by atoms with Crippen molar-refractivity contribution in [1.29, 1.82) is 0 Å². The molecule has 3 rings (SSSR count). The zero-order chi connectivity index (χ0) is 14.0. The Labute approximate surface area is 124 Å². The van der Waals surface area contributed by atoms with E-state index in [0.717, 1.165) is 29.9 Å². The maximum absolute atomic E-state index is 5.97. The van der Waals surface area contributed by atoms with Crippen LogP contribution >= 0.6 is 11.3 Å². The van der Waals surface area contributed by atoms with Gasteiger partial charge in [0.1, 0.15) is 0 Å². The summed E-state index contributed by atoms with van der Waals surface area (Å²) in [6, 6.07) is 0.331. The number of thiazole rings is 1. The number of aromatic nitrogens is 2. The number of nitrogens with zero attached hydrogens (tertiary/aromatic N) is 2. The molecule has 5 heteroatoms. The highest BCUT2D eigenvalue weighted by Gasteiger charge is 2.39. The molecule has 0 aliphatic heterocycles. The summed E-state index contributed by atoms with van der Waals surface area (Å²) in [4.78, 5) is 5.78. The fraction of sp³-hybridized carbons (Fsp3) is 0.667. The van der Waals surface area contributed by atoms with E-state index in [4.69, 9.17) is 9.72 Å². The molecule has 2 aromatic heterocycles. The van der Waals surface area contributed by atoms with E-state index in [0.29, 0.717) is 6.04 Å². The van der Waals surface area contributed by atoms with Gasteiger partial charge in [-0.15, -0.1) is 11.3 Å². The molecule has 4 nitrogen and oxygen atoms in total. The van der Waals surface area contributed by atoms with Crippen LogP contribution in [0.2, 0.25) is 0 Å². The SMILES string of the molecule is CNC(Cc1cn2ccsc2n1)C1(OC)CCCCC1. The number of fused-ring (bicyclic) bond motifs is 1. The molecule has 0 amide bonds. The number of ether oxygens (including phenoxy) is 1. The molecule has 1 fully saturated rings. The van der Waals surface area contributed by atoms with Crippen LogP contribution in [-0.2, 0) is 11.2 Å². The molecular weight excluding hydrogens is 270 g/mol. The van der Waals surface area contributed by atoms with Crippen LogP contribution in [0.5, 0.6) is 0 Å². The molecule has 2 aromatic rings. The molecule has 1 aliphatic rings. The number of methoxy groups -OCH3 is 1. The first-order chi connectivity index (χ1) is 9.77. The van der Waals surface area contributed by atoms with Crippen molar-refractivity contribution in [3.63, 3.8) is 0 Å². The Balaban J connectivity index is 1.79. The molecule has 0 aromatic carbocycles. The quantitative estimate of drug-likeness (QED) is 0.921. The number of rotatable bonds is 5. The van der Waals surface area contributed by atoms with Gasteiger partial charge < -0.3 is 10.1 Å². The lowest BCUT2D eigenvalue weighted by Gasteiger charge is -2.42. The molecular formula is C15H23N3OS. The minimum atomic E-state index is -0.0238. The van der Waals surface area contributed by atoms with E-state index < -0.39 is 0 Å². The van der Waals surface area contributed by atoms with Gasteiger partial charge in [-0.3, -0.25) is 4.40 Å². The Bertz CT molecular complexity index is 528. The molecule has 110 valence electrons. The van der Waals surface area contributed by atoms with Crippen molar-refractivity contribution < 1.29 is 4.74 Å². The van der Waals surface area contributed by atoms with Crippen LogP contribution in [0.3, 0.4) is 0 Å². The lowest BCUT2D eigenvalue weighted by atomic mass is 9.77. The van der Waals surface area contributed by atoms with Gasteiger partial charge in [-0.05, 0) is 19.9 Å². The normalized spacial score (nSPS) is 20.3. The Kier molecular flexibility index (Phi) is 4.10.